The van der Waals surface area contributed by atoms with Crippen molar-refractivity contribution in [3.05, 3.63) is 66.0 Å². The third-order valence-electron chi connectivity index (χ3n) is 3.18. The Hall–Kier alpha value is -2.82. The van der Waals surface area contributed by atoms with Crippen LogP contribution in [0, 0.1) is 17.8 Å². The Morgan fingerprint density at radius 2 is 1.95 bits per heavy atom. The zero-order valence-electron chi connectivity index (χ0n) is 10.7. The van der Waals surface area contributed by atoms with Gasteiger partial charge < -0.3 is 5.73 Å². The largest absolute Gasteiger partial charge is 0.364 e. The van der Waals surface area contributed by atoms with Crippen LogP contribution >= 0.6 is 0 Å². The first-order chi connectivity index (χ1) is 10.1. The highest BCUT2D eigenvalue weighted by Gasteiger charge is 2.12. The average Bonchev–Trinajstić information content (AvgIpc) is 2.48. The van der Waals surface area contributed by atoms with Gasteiger partial charge in [0.1, 0.15) is 17.3 Å². The van der Waals surface area contributed by atoms with Gasteiger partial charge in [-0.05, 0) is 41.3 Å². The normalized spacial score (nSPS) is 10.8. The first-order valence-electron chi connectivity index (χ1n) is 6.12. The molecule has 103 valence electrons. The van der Waals surface area contributed by atoms with E-state index in [-0.39, 0.29) is 11.3 Å². The Balaban J connectivity index is 2.28. The number of halogens is 2. The third kappa shape index (κ3) is 2.33. The number of aromatic nitrogens is 1. The molecule has 0 aliphatic rings. The quantitative estimate of drug-likeness (QED) is 0.785. The van der Waals surface area contributed by atoms with Crippen LogP contribution in [0.25, 0.3) is 21.9 Å². The summed E-state index contributed by atoms with van der Waals surface area (Å²) in [6, 6.07) is 9.68. The van der Waals surface area contributed by atoms with E-state index in [0.717, 1.165) is 18.2 Å². The zero-order chi connectivity index (χ0) is 15.0. The predicted octanol–water partition coefficient (Wildman–Crippen LogP) is 3.08. The molecule has 0 spiro atoms. The van der Waals surface area contributed by atoms with Gasteiger partial charge in [0, 0.05) is 10.9 Å². The summed E-state index contributed by atoms with van der Waals surface area (Å²) in [6.45, 7) is 0. The molecule has 1 radical (unpaired) electrons. The lowest BCUT2D eigenvalue weighted by atomic mass is 10.00. The molecule has 3 nitrogen and oxygen atoms in total. The first kappa shape index (κ1) is 13.2. The minimum absolute atomic E-state index is 0.0474. The van der Waals surface area contributed by atoms with Crippen molar-refractivity contribution in [1.82, 2.24) is 4.98 Å². The van der Waals surface area contributed by atoms with E-state index in [0.29, 0.717) is 16.3 Å². The van der Waals surface area contributed by atoms with Crippen molar-refractivity contribution in [3.63, 3.8) is 0 Å². The van der Waals surface area contributed by atoms with Gasteiger partial charge in [-0.2, -0.15) is 0 Å². The van der Waals surface area contributed by atoms with E-state index in [9.17, 15) is 13.6 Å². The number of hydrogen-bond acceptors (Lipinski definition) is 2. The van der Waals surface area contributed by atoms with Crippen LogP contribution in [-0.4, -0.2) is 10.9 Å². The standard InChI is InChI=1S/C16H9F2N2O/c17-11-3-4-14(18)12(8-11)10-2-1-9-5-6-20-15(16(19)21)13(9)7-10/h1-5,7-8H,(H2,19,21). The molecule has 1 aromatic heterocycles. The molecule has 1 heterocycles. The number of carbonyl (C=O) groups excluding carboxylic acids is 1. The maximum absolute atomic E-state index is 13.8. The number of hydrogen-bond donors (Lipinski definition) is 1. The molecule has 2 aromatic carbocycles. The van der Waals surface area contributed by atoms with E-state index in [1.807, 2.05) is 0 Å². The Bertz CT molecular complexity index is 862. The van der Waals surface area contributed by atoms with Crippen LogP contribution in [0.2, 0.25) is 0 Å². The number of benzene rings is 2. The Morgan fingerprint density at radius 3 is 2.71 bits per heavy atom. The van der Waals surface area contributed by atoms with E-state index >= 15 is 0 Å². The highest BCUT2D eigenvalue weighted by Crippen LogP contribution is 2.28. The van der Waals surface area contributed by atoms with E-state index in [2.05, 4.69) is 11.2 Å². The molecule has 0 atom stereocenters. The molecule has 3 rings (SSSR count). The second kappa shape index (κ2) is 4.94. The monoisotopic (exact) mass is 283 g/mol. The summed E-state index contributed by atoms with van der Waals surface area (Å²) in [5, 5.41) is 1.17. The molecule has 0 saturated heterocycles. The molecule has 0 fully saturated rings. The minimum Gasteiger partial charge on any atom is -0.364 e. The number of rotatable bonds is 2. The van der Waals surface area contributed by atoms with E-state index in [1.54, 1.807) is 24.3 Å². The fraction of sp³-hybridized carbons (Fsp3) is 0. The van der Waals surface area contributed by atoms with Crippen molar-refractivity contribution in [2.24, 2.45) is 5.73 Å². The molecule has 5 heteroatoms. The third-order valence-corrected chi connectivity index (χ3v) is 3.18. The van der Waals surface area contributed by atoms with Gasteiger partial charge >= 0.3 is 0 Å². The molecule has 0 saturated carbocycles. The van der Waals surface area contributed by atoms with Crippen LogP contribution in [0.3, 0.4) is 0 Å². The molecule has 0 aliphatic carbocycles. The SMILES string of the molecule is NC(=O)c1n[c]cc2ccc(-c3cc(F)ccc3F)cc12. The summed E-state index contributed by atoms with van der Waals surface area (Å²) < 4.78 is 27.1. The van der Waals surface area contributed by atoms with Crippen LogP contribution in [0.1, 0.15) is 10.5 Å². The number of carbonyl (C=O) groups is 1. The van der Waals surface area contributed by atoms with Crippen LogP contribution in [0.15, 0.2) is 42.5 Å². The molecule has 21 heavy (non-hydrogen) atoms. The lowest BCUT2D eigenvalue weighted by molar-refractivity contribution is 0.0997. The number of nitrogens with zero attached hydrogens (tertiary/aromatic N) is 1. The molecule has 3 aromatic rings. The lowest BCUT2D eigenvalue weighted by Gasteiger charge is -2.07. The molecule has 1 amide bonds. The smallest absolute Gasteiger partial charge is 0.267 e. The van der Waals surface area contributed by atoms with Gasteiger partial charge in [-0.3, -0.25) is 4.79 Å². The number of primary amides is 1. The fourth-order valence-electron chi connectivity index (χ4n) is 2.19. The fourth-order valence-corrected chi connectivity index (χ4v) is 2.19. The second-order valence-electron chi connectivity index (χ2n) is 4.52. The van der Waals surface area contributed by atoms with Crippen molar-refractivity contribution in [2.45, 2.75) is 0 Å². The number of pyridine rings is 1. The van der Waals surface area contributed by atoms with Crippen molar-refractivity contribution in [1.29, 1.82) is 0 Å². The molecule has 0 bridgehead atoms. The molecule has 0 aliphatic heterocycles. The Kier molecular flexibility index (Phi) is 3.10. The molecule has 0 unspecified atom stereocenters. The van der Waals surface area contributed by atoms with Crippen LogP contribution in [0.5, 0.6) is 0 Å². The summed E-state index contributed by atoms with van der Waals surface area (Å²) in [5.41, 5.74) is 5.87. The average molecular weight is 283 g/mol. The van der Waals surface area contributed by atoms with Crippen LogP contribution < -0.4 is 5.73 Å². The molecule has 2 N–H and O–H groups in total. The van der Waals surface area contributed by atoms with Gasteiger partial charge in [-0.1, -0.05) is 12.1 Å². The van der Waals surface area contributed by atoms with Crippen LogP contribution in [-0.2, 0) is 0 Å². The number of nitrogens with two attached hydrogens (primary N) is 1. The van der Waals surface area contributed by atoms with E-state index < -0.39 is 17.5 Å². The Morgan fingerprint density at radius 1 is 1.14 bits per heavy atom. The van der Waals surface area contributed by atoms with Gasteiger partial charge in [-0.25, -0.2) is 13.8 Å². The summed E-state index contributed by atoms with van der Waals surface area (Å²) in [7, 11) is 0. The Labute approximate surface area is 119 Å². The summed E-state index contributed by atoms with van der Waals surface area (Å²) in [5.74, 6) is -1.79. The van der Waals surface area contributed by atoms with Gasteiger partial charge in [0.05, 0.1) is 6.20 Å². The van der Waals surface area contributed by atoms with Gasteiger partial charge in [0.2, 0.25) is 0 Å². The summed E-state index contributed by atoms with van der Waals surface area (Å²) in [4.78, 5) is 15.2. The number of fused-ring (bicyclic) bond motifs is 1. The van der Waals surface area contributed by atoms with Crippen molar-refractivity contribution >= 4 is 16.7 Å². The maximum Gasteiger partial charge on any atom is 0.267 e. The minimum atomic E-state index is -0.700. The van der Waals surface area contributed by atoms with Crippen LogP contribution in [0.4, 0.5) is 8.78 Å². The molecular formula is C16H9F2N2O. The second-order valence-corrected chi connectivity index (χ2v) is 4.52. The predicted molar refractivity (Wildman–Crippen MR) is 74.4 cm³/mol. The zero-order valence-corrected chi connectivity index (χ0v) is 10.7. The van der Waals surface area contributed by atoms with Crippen molar-refractivity contribution in [2.75, 3.05) is 0 Å². The summed E-state index contributed by atoms with van der Waals surface area (Å²) >= 11 is 0. The maximum atomic E-state index is 13.8. The van der Waals surface area contributed by atoms with E-state index in [1.165, 1.54) is 0 Å². The topological polar surface area (TPSA) is 56.0 Å². The van der Waals surface area contributed by atoms with Gasteiger partial charge in [0.25, 0.3) is 5.91 Å². The summed E-state index contributed by atoms with van der Waals surface area (Å²) in [6.07, 6.45) is 2.58. The first-order valence-corrected chi connectivity index (χ1v) is 6.12. The highest BCUT2D eigenvalue weighted by atomic mass is 19.1. The van der Waals surface area contributed by atoms with E-state index in [4.69, 9.17) is 5.73 Å². The van der Waals surface area contributed by atoms with Crippen molar-refractivity contribution < 1.29 is 13.6 Å². The number of amides is 1. The van der Waals surface area contributed by atoms with Crippen molar-refractivity contribution in [3.8, 4) is 11.1 Å². The molecular weight excluding hydrogens is 274 g/mol. The van der Waals surface area contributed by atoms with Gasteiger partial charge in [0.15, 0.2) is 0 Å². The lowest BCUT2D eigenvalue weighted by Crippen LogP contribution is -2.13. The highest BCUT2D eigenvalue weighted by molar-refractivity contribution is 6.05. The van der Waals surface area contributed by atoms with Gasteiger partial charge in [-0.15, -0.1) is 0 Å².